The average molecular weight is 669 g/mol. The highest BCUT2D eigenvalue weighted by atomic mass is 14.3. The Morgan fingerprint density at radius 2 is 0.558 bits per heavy atom. The Labute approximate surface area is 307 Å². The zero-order valence-electron chi connectivity index (χ0n) is 31.0. The first-order valence-corrected chi connectivity index (χ1v) is 19.1. The van der Waals surface area contributed by atoms with Crippen LogP contribution in [0.1, 0.15) is 41.5 Å². The van der Waals surface area contributed by atoms with Crippen LogP contribution in [0.15, 0.2) is 158 Å². The van der Waals surface area contributed by atoms with E-state index in [0.29, 0.717) is 0 Å². The van der Waals surface area contributed by atoms with Crippen molar-refractivity contribution in [3.63, 3.8) is 0 Å². The van der Waals surface area contributed by atoms with E-state index in [9.17, 15) is 0 Å². The van der Waals surface area contributed by atoms with Gasteiger partial charge in [0, 0.05) is 0 Å². The van der Waals surface area contributed by atoms with Gasteiger partial charge in [0.25, 0.3) is 0 Å². The van der Waals surface area contributed by atoms with Crippen molar-refractivity contribution in [1.29, 1.82) is 0 Å². The molecule has 0 saturated heterocycles. The number of hydrogen-bond acceptors (Lipinski definition) is 0. The predicted molar refractivity (Wildman–Crippen MR) is 232 cm³/mol. The van der Waals surface area contributed by atoms with E-state index in [-0.39, 0.29) is 0 Å². The minimum atomic E-state index is 1.29. The zero-order valence-corrected chi connectivity index (χ0v) is 31.0. The molecule has 0 aliphatic heterocycles. The summed E-state index contributed by atoms with van der Waals surface area (Å²) in [5.74, 6) is 0. The molecule has 0 spiro atoms. The van der Waals surface area contributed by atoms with Crippen molar-refractivity contribution >= 4 is 64.6 Å². The fraction of sp³-hybridized carbons (Fsp3) is 0.115. The van der Waals surface area contributed by atoms with Crippen molar-refractivity contribution in [3.8, 4) is 44.5 Å². The monoisotopic (exact) mass is 668 g/mol. The van der Waals surface area contributed by atoms with Gasteiger partial charge in [0.1, 0.15) is 0 Å². The van der Waals surface area contributed by atoms with Crippen molar-refractivity contribution < 1.29 is 0 Å². The van der Waals surface area contributed by atoms with Gasteiger partial charge in [-0.15, -0.1) is 0 Å². The van der Waals surface area contributed by atoms with Crippen LogP contribution in [-0.4, -0.2) is 0 Å². The van der Waals surface area contributed by atoms with Crippen molar-refractivity contribution in [2.24, 2.45) is 0 Å². The Morgan fingerprint density at radius 1 is 0.212 bits per heavy atom. The van der Waals surface area contributed by atoms with Crippen molar-refractivity contribution in [1.82, 2.24) is 0 Å². The summed E-state index contributed by atoms with van der Waals surface area (Å²) in [6, 6.07) is 59.0. The van der Waals surface area contributed by atoms with Gasteiger partial charge in [-0.05, 0) is 109 Å². The molecule has 0 bridgehead atoms. The van der Waals surface area contributed by atoms with Crippen LogP contribution in [0.25, 0.3) is 109 Å². The van der Waals surface area contributed by atoms with E-state index in [1.807, 2.05) is 41.5 Å². The second-order valence-corrected chi connectivity index (χ2v) is 12.7. The molecule has 1 aliphatic carbocycles. The lowest BCUT2D eigenvalue weighted by atomic mass is 9.82. The van der Waals surface area contributed by atoms with Crippen LogP contribution in [0.2, 0.25) is 0 Å². The first kappa shape index (κ1) is 33.2. The molecule has 10 aromatic carbocycles. The lowest BCUT2D eigenvalue weighted by Crippen LogP contribution is -1.93. The number of benzene rings is 10. The van der Waals surface area contributed by atoms with Gasteiger partial charge in [0.05, 0.1) is 0 Å². The van der Waals surface area contributed by atoms with Gasteiger partial charge < -0.3 is 0 Å². The molecule has 0 aromatic heterocycles. The number of rotatable bonds is 2. The van der Waals surface area contributed by atoms with Gasteiger partial charge in [-0.25, -0.2) is 0 Å². The second kappa shape index (κ2) is 13.6. The average Bonchev–Trinajstić information content (AvgIpc) is 3.56. The highest BCUT2D eigenvalue weighted by Gasteiger charge is 2.25. The van der Waals surface area contributed by atoms with Crippen molar-refractivity contribution in [2.45, 2.75) is 41.5 Å². The molecule has 0 fully saturated rings. The normalized spacial score (nSPS) is 11.3. The number of fused-ring (bicyclic) bond motifs is 5. The zero-order chi connectivity index (χ0) is 35.9. The van der Waals surface area contributed by atoms with Gasteiger partial charge in [-0.2, -0.15) is 0 Å². The van der Waals surface area contributed by atoms with Crippen LogP contribution in [-0.2, 0) is 0 Å². The van der Waals surface area contributed by atoms with Gasteiger partial charge >= 0.3 is 0 Å². The largest absolute Gasteiger partial charge is 0.0683 e. The molecule has 0 unspecified atom stereocenters. The van der Waals surface area contributed by atoms with E-state index in [4.69, 9.17) is 0 Å². The maximum absolute atomic E-state index is 2.37. The van der Waals surface area contributed by atoms with Crippen LogP contribution in [0.5, 0.6) is 0 Å². The van der Waals surface area contributed by atoms with Gasteiger partial charge in [0.2, 0.25) is 0 Å². The summed E-state index contributed by atoms with van der Waals surface area (Å²) in [7, 11) is 0. The summed E-state index contributed by atoms with van der Waals surface area (Å²) in [6.07, 6.45) is 0. The summed E-state index contributed by atoms with van der Waals surface area (Å²) in [5.41, 5.74) is 10.5. The SMILES string of the molecule is CC.CC.CC.c1ccc2c(c1)-c1cccc3c(-c4c5ccccc5c(-c5ccc6ccc7cccc8ccc5c6c78)c5ccccc45)ccc-2c13. The minimum absolute atomic E-state index is 1.29. The van der Waals surface area contributed by atoms with Gasteiger partial charge in [0.15, 0.2) is 0 Å². The Bertz CT molecular complexity index is 2800. The molecule has 11 rings (SSSR count). The first-order valence-electron chi connectivity index (χ1n) is 19.1. The minimum Gasteiger partial charge on any atom is -0.0683 e. The van der Waals surface area contributed by atoms with E-state index in [1.165, 1.54) is 109 Å². The summed E-state index contributed by atoms with van der Waals surface area (Å²) >= 11 is 0. The highest BCUT2D eigenvalue weighted by molar-refractivity contribution is 6.30. The standard InChI is InChI=1S/C46H26.3C2H6/c1-2-12-31-30(11-1)32-17-8-18-37-41(26-25-38(31)44(32)37)46-35-15-5-3-13-33(35)45(34-14-4-6-16-36(34)46)40-24-22-29-20-19-27-9-7-10-28-21-23-39(40)43(29)42(27)28;3*1-2/h1-26H;3*1-2H3. The van der Waals surface area contributed by atoms with Crippen molar-refractivity contribution in [3.05, 3.63) is 158 Å². The molecule has 52 heavy (non-hydrogen) atoms. The molecule has 0 atom stereocenters. The molecule has 1 aliphatic rings. The fourth-order valence-corrected chi connectivity index (χ4v) is 8.69. The molecule has 10 aromatic rings. The van der Waals surface area contributed by atoms with Crippen LogP contribution in [0, 0.1) is 0 Å². The lowest BCUT2D eigenvalue weighted by molar-refractivity contribution is 1.50. The Morgan fingerprint density at radius 3 is 1.12 bits per heavy atom. The van der Waals surface area contributed by atoms with E-state index in [0.717, 1.165) is 0 Å². The topological polar surface area (TPSA) is 0 Å². The second-order valence-electron chi connectivity index (χ2n) is 12.7. The highest BCUT2D eigenvalue weighted by Crippen LogP contribution is 2.52. The third kappa shape index (κ3) is 4.75. The lowest BCUT2D eigenvalue weighted by Gasteiger charge is -2.21. The molecule has 0 heteroatoms. The van der Waals surface area contributed by atoms with E-state index in [1.54, 1.807) is 0 Å². The summed E-state index contributed by atoms with van der Waals surface area (Å²) < 4.78 is 0. The third-order valence-corrected chi connectivity index (χ3v) is 10.5. The maximum Gasteiger partial charge on any atom is -0.00201 e. The van der Waals surface area contributed by atoms with Gasteiger partial charge in [-0.3, -0.25) is 0 Å². The van der Waals surface area contributed by atoms with Crippen LogP contribution in [0.3, 0.4) is 0 Å². The smallest absolute Gasteiger partial charge is 0.00201 e. The molecule has 0 saturated carbocycles. The van der Waals surface area contributed by atoms with E-state index in [2.05, 4.69) is 158 Å². The molecule has 0 N–H and O–H groups in total. The summed E-state index contributed by atoms with van der Waals surface area (Å²) in [6.45, 7) is 12.0. The number of hydrogen-bond donors (Lipinski definition) is 0. The van der Waals surface area contributed by atoms with Crippen LogP contribution in [0.4, 0.5) is 0 Å². The molecule has 0 radical (unpaired) electrons. The van der Waals surface area contributed by atoms with Crippen LogP contribution >= 0.6 is 0 Å². The summed E-state index contributed by atoms with van der Waals surface area (Å²) in [5, 5.41) is 15.8. The molecule has 252 valence electrons. The Hall–Kier alpha value is -5.98. The Kier molecular flexibility index (Phi) is 8.69. The molecule has 0 nitrogen and oxygen atoms in total. The van der Waals surface area contributed by atoms with Crippen molar-refractivity contribution in [2.75, 3.05) is 0 Å². The maximum atomic E-state index is 2.37. The van der Waals surface area contributed by atoms with Crippen LogP contribution < -0.4 is 0 Å². The summed E-state index contributed by atoms with van der Waals surface area (Å²) in [4.78, 5) is 0. The molecule has 0 heterocycles. The van der Waals surface area contributed by atoms with E-state index < -0.39 is 0 Å². The van der Waals surface area contributed by atoms with E-state index >= 15 is 0 Å². The fourth-order valence-electron chi connectivity index (χ4n) is 8.69. The molecular weight excluding hydrogens is 625 g/mol. The quantitative estimate of drug-likeness (QED) is 0.127. The predicted octanol–water partition coefficient (Wildman–Crippen LogP) is 16.1. The van der Waals surface area contributed by atoms with Gasteiger partial charge in [-0.1, -0.05) is 199 Å². The Balaban J connectivity index is 0.000000616. The first-order chi connectivity index (χ1) is 25.8. The molecule has 0 amide bonds. The third-order valence-electron chi connectivity index (χ3n) is 10.5. The molecular formula is C52H44.